The Bertz CT molecular complexity index is 1030. The third kappa shape index (κ3) is 5.87. The summed E-state index contributed by atoms with van der Waals surface area (Å²) in [6, 6.07) is 9.48. The SMILES string of the molecule is CCOC(=O)c1cc(NC(=O)[C@H](CC)N(c2ccc(Cl)cc2)S(C)(=O)=O)ccc1Cl. The summed E-state index contributed by atoms with van der Waals surface area (Å²) >= 11 is 11.9. The molecular weight excluding hydrogens is 451 g/mol. The van der Waals surface area contributed by atoms with Crippen molar-refractivity contribution in [3.8, 4) is 0 Å². The zero-order chi connectivity index (χ0) is 22.5. The number of nitrogens with zero attached hydrogens (tertiary/aromatic N) is 1. The van der Waals surface area contributed by atoms with E-state index in [4.69, 9.17) is 27.9 Å². The summed E-state index contributed by atoms with van der Waals surface area (Å²) in [5.74, 6) is -1.18. The molecular formula is C20H22Cl2N2O5S. The standard InChI is InChI=1S/C20H22Cl2N2O5S/c1-4-18(24(30(3,27)28)15-9-6-13(21)7-10-15)19(25)23-14-8-11-17(22)16(12-14)20(26)29-5-2/h6-12,18H,4-5H2,1-3H3,(H,23,25)/t18-/m0/s1. The average Bonchev–Trinajstić information content (AvgIpc) is 2.67. The van der Waals surface area contributed by atoms with E-state index < -0.39 is 27.9 Å². The fraction of sp³-hybridized carbons (Fsp3) is 0.300. The first kappa shape index (κ1) is 24.0. The van der Waals surface area contributed by atoms with Gasteiger partial charge in [0, 0.05) is 10.7 Å². The van der Waals surface area contributed by atoms with E-state index in [0.29, 0.717) is 10.7 Å². The molecule has 0 aliphatic rings. The van der Waals surface area contributed by atoms with Gasteiger partial charge in [0.2, 0.25) is 15.9 Å². The van der Waals surface area contributed by atoms with Gasteiger partial charge in [-0.25, -0.2) is 13.2 Å². The number of hydrogen-bond donors (Lipinski definition) is 1. The highest BCUT2D eigenvalue weighted by Gasteiger charge is 2.31. The van der Waals surface area contributed by atoms with Crippen LogP contribution in [0.1, 0.15) is 30.6 Å². The first-order valence-corrected chi connectivity index (χ1v) is 11.7. The van der Waals surface area contributed by atoms with Crippen LogP contribution in [-0.4, -0.2) is 39.2 Å². The normalized spacial score (nSPS) is 12.2. The summed E-state index contributed by atoms with van der Waals surface area (Å²) in [4.78, 5) is 25.0. The zero-order valence-corrected chi connectivity index (χ0v) is 19.0. The lowest BCUT2D eigenvalue weighted by atomic mass is 10.1. The van der Waals surface area contributed by atoms with E-state index in [-0.39, 0.29) is 29.3 Å². The van der Waals surface area contributed by atoms with Crippen molar-refractivity contribution in [1.82, 2.24) is 0 Å². The molecule has 0 spiro atoms. The lowest BCUT2D eigenvalue weighted by molar-refractivity contribution is -0.117. The number of ether oxygens (including phenoxy) is 1. The first-order valence-electron chi connectivity index (χ1n) is 9.11. The summed E-state index contributed by atoms with van der Waals surface area (Å²) in [6.45, 7) is 3.54. The summed E-state index contributed by atoms with van der Waals surface area (Å²) in [5, 5.41) is 3.27. The first-order chi connectivity index (χ1) is 14.1. The number of halogens is 2. The third-order valence-electron chi connectivity index (χ3n) is 4.14. The molecule has 1 amide bonds. The predicted octanol–water partition coefficient (Wildman–Crippen LogP) is 4.35. The molecule has 0 saturated heterocycles. The fourth-order valence-electron chi connectivity index (χ4n) is 2.84. The number of benzene rings is 2. The Labute approximate surface area is 186 Å². The van der Waals surface area contributed by atoms with Gasteiger partial charge in [-0.05, 0) is 55.8 Å². The molecule has 0 aromatic heterocycles. The molecule has 162 valence electrons. The molecule has 0 heterocycles. The molecule has 30 heavy (non-hydrogen) atoms. The number of esters is 1. The topological polar surface area (TPSA) is 92.8 Å². The van der Waals surface area contributed by atoms with Gasteiger partial charge in [0.25, 0.3) is 0 Å². The highest BCUT2D eigenvalue weighted by Crippen LogP contribution is 2.26. The van der Waals surface area contributed by atoms with E-state index in [0.717, 1.165) is 10.6 Å². The van der Waals surface area contributed by atoms with Crippen LogP contribution in [0.15, 0.2) is 42.5 Å². The Kier molecular flexibility index (Phi) is 8.11. The van der Waals surface area contributed by atoms with Gasteiger partial charge in [0.1, 0.15) is 6.04 Å². The van der Waals surface area contributed by atoms with Crippen molar-refractivity contribution in [2.24, 2.45) is 0 Å². The van der Waals surface area contributed by atoms with E-state index in [1.54, 1.807) is 26.0 Å². The van der Waals surface area contributed by atoms with Crippen molar-refractivity contribution < 1.29 is 22.7 Å². The number of sulfonamides is 1. The van der Waals surface area contributed by atoms with E-state index in [9.17, 15) is 18.0 Å². The van der Waals surface area contributed by atoms with Gasteiger partial charge >= 0.3 is 5.97 Å². The van der Waals surface area contributed by atoms with Crippen molar-refractivity contribution >= 4 is 56.5 Å². The molecule has 0 radical (unpaired) electrons. The van der Waals surface area contributed by atoms with Crippen molar-refractivity contribution in [3.05, 3.63) is 58.1 Å². The molecule has 2 aromatic carbocycles. The van der Waals surface area contributed by atoms with Gasteiger partial charge in [-0.15, -0.1) is 0 Å². The maximum atomic E-state index is 13.0. The van der Waals surface area contributed by atoms with Crippen LogP contribution < -0.4 is 9.62 Å². The zero-order valence-electron chi connectivity index (χ0n) is 16.7. The van der Waals surface area contributed by atoms with Crippen LogP contribution in [0.4, 0.5) is 11.4 Å². The Morgan fingerprint density at radius 2 is 1.73 bits per heavy atom. The summed E-state index contributed by atoms with van der Waals surface area (Å²) < 4.78 is 30.9. The van der Waals surface area contributed by atoms with Crippen molar-refractivity contribution in [1.29, 1.82) is 0 Å². The Morgan fingerprint density at radius 3 is 2.27 bits per heavy atom. The van der Waals surface area contributed by atoms with Gasteiger partial charge in [-0.3, -0.25) is 9.10 Å². The van der Waals surface area contributed by atoms with Gasteiger partial charge in [0.15, 0.2) is 0 Å². The predicted molar refractivity (Wildman–Crippen MR) is 119 cm³/mol. The van der Waals surface area contributed by atoms with Crippen LogP contribution in [0.5, 0.6) is 0 Å². The van der Waals surface area contributed by atoms with Crippen molar-refractivity contribution in [2.75, 3.05) is 22.5 Å². The smallest absolute Gasteiger partial charge is 0.339 e. The van der Waals surface area contributed by atoms with Gasteiger partial charge in [0.05, 0.1) is 29.1 Å². The van der Waals surface area contributed by atoms with Crippen LogP contribution in [-0.2, 0) is 19.6 Å². The minimum Gasteiger partial charge on any atom is -0.462 e. The number of amides is 1. The van der Waals surface area contributed by atoms with Crippen LogP contribution in [0.25, 0.3) is 0 Å². The molecule has 0 aliphatic heterocycles. The van der Waals surface area contributed by atoms with E-state index in [2.05, 4.69) is 5.32 Å². The number of carbonyl (C=O) groups is 2. The highest BCUT2D eigenvalue weighted by atomic mass is 35.5. The second-order valence-electron chi connectivity index (χ2n) is 6.36. The minimum atomic E-state index is -3.78. The molecule has 1 atom stereocenters. The second-order valence-corrected chi connectivity index (χ2v) is 9.07. The molecule has 0 unspecified atom stereocenters. The monoisotopic (exact) mass is 472 g/mol. The maximum absolute atomic E-state index is 13.0. The van der Waals surface area contributed by atoms with E-state index in [1.165, 1.54) is 30.3 Å². The number of carbonyl (C=O) groups excluding carboxylic acids is 2. The third-order valence-corrected chi connectivity index (χ3v) is 5.90. The second kappa shape index (κ2) is 10.1. The van der Waals surface area contributed by atoms with Crippen LogP contribution >= 0.6 is 23.2 Å². The summed E-state index contributed by atoms with van der Waals surface area (Å²) in [7, 11) is -3.78. The molecule has 0 aliphatic carbocycles. The van der Waals surface area contributed by atoms with Crippen LogP contribution in [0.3, 0.4) is 0 Å². The lowest BCUT2D eigenvalue weighted by Gasteiger charge is -2.30. The molecule has 10 heteroatoms. The molecule has 2 aromatic rings. The minimum absolute atomic E-state index is 0.0991. The van der Waals surface area contributed by atoms with Gasteiger partial charge in [-0.1, -0.05) is 30.1 Å². The molecule has 0 fully saturated rings. The van der Waals surface area contributed by atoms with E-state index >= 15 is 0 Å². The Morgan fingerprint density at radius 1 is 1.10 bits per heavy atom. The number of nitrogens with one attached hydrogen (secondary N) is 1. The molecule has 1 N–H and O–H groups in total. The lowest BCUT2D eigenvalue weighted by Crippen LogP contribution is -2.47. The number of rotatable bonds is 8. The van der Waals surface area contributed by atoms with Crippen molar-refractivity contribution in [3.63, 3.8) is 0 Å². The molecule has 0 saturated carbocycles. The average molecular weight is 473 g/mol. The van der Waals surface area contributed by atoms with Crippen LogP contribution in [0, 0.1) is 0 Å². The Balaban J connectivity index is 2.36. The fourth-order valence-corrected chi connectivity index (χ4v) is 4.37. The quantitative estimate of drug-likeness (QED) is 0.576. The molecule has 0 bridgehead atoms. The Hall–Kier alpha value is -2.29. The molecule has 2 rings (SSSR count). The summed E-state index contributed by atoms with van der Waals surface area (Å²) in [6.07, 6.45) is 1.23. The maximum Gasteiger partial charge on any atom is 0.339 e. The largest absolute Gasteiger partial charge is 0.462 e. The highest BCUT2D eigenvalue weighted by molar-refractivity contribution is 7.92. The van der Waals surface area contributed by atoms with E-state index in [1.807, 2.05) is 0 Å². The van der Waals surface area contributed by atoms with Crippen molar-refractivity contribution in [2.45, 2.75) is 26.3 Å². The van der Waals surface area contributed by atoms with Gasteiger partial charge in [-0.2, -0.15) is 0 Å². The van der Waals surface area contributed by atoms with Crippen LogP contribution in [0.2, 0.25) is 10.0 Å². The number of hydrogen-bond acceptors (Lipinski definition) is 5. The van der Waals surface area contributed by atoms with Gasteiger partial charge < -0.3 is 10.1 Å². The number of anilines is 2. The molecule has 7 nitrogen and oxygen atoms in total. The summed E-state index contributed by atoms with van der Waals surface area (Å²) in [5.41, 5.74) is 0.699.